The molecule has 0 radical (unpaired) electrons. The third kappa shape index (κ3) is 5.44. The lowest BCUT2D eigenvalue weighted by Gasteiger charge is -2.13. The van der Waals surface area contributed by atoms with Gasteiger partial charge in [-0.15, -0.1) is 0 Å². The molecule has 6 heteroatoms. The molecule has 1 aliphatic carbocycles. The van der Waals surface area contributed by atoms with Gasteiger partial charge in [0.15, 0.2) is 0 Å². The molecule has 0 saturated heterocycles. The first-order chi connectivity index (χ1) is 8.63. The van der Waals surface area contributed by atoms with Crippen molar-refractivity contribution in [1.82, 2.24) is 10.6 Å². The summed E-state index contributed by atoms with van der Waals surface area (Å²) in [7, 11) is 0. The van der Waals surface area contributed by atoms with Crippen molar-refractivity contribution in [2.24, 2.45) is 5.92 Å². The van der Waals surface area contributed by atoms with Crippen LogP contribution < -0.4 is 10.6 Å². The van der Waals surface area contributed by atoms with Gasteiger partial charge >= 0.3 is 12.0 Å². The molecular weight excluding hydrogens is 252 g/mol. The van der Waals surface area contributed by atoms with E-state index in [4.69, 9.17) is 5.11 Å². The SMILES string of the molecule is CSCCCCNC(=O)NC1C=CC(C(=O)O)C1. The summed E-state index contributed by atoms with van der Waals surface area (Å²) in [5.74, 6) is -0.209. The number of thioether (sulfide) groups is 1. The fraction of sp³-hybridized carbons (Fsp3) is 0.667. The summed E-state index contributed by atoms with van der Waals surface area (Å²) >= 11 is 1.80. The molecule has 0 fully saturated rings. The van der Waals surface area contributed by atoms with Gasteiger partial charge in [-0.25, -0.2) is 4.79 Å². The fourth-order valence-corrected chi connectivity index (χ4v) is 2.27. The van der Waals surface area contributed by atoms with Crippen LogP contribution in [0.1, 0.15) is 19.3 Å². The quantitative estimate of drug-likeness (QED) is 0.484. The maximum absolute atomic E-state index is 11.5. The molecule has 0 aliphatic heterocycles. The Bertz CT molecular complexity index is 320. The summed E-state index contributed by atoms with van der Waals surface area (Å²) < 4.78 is 0. The Morgan fingerprint density at radius 3 is 2.78 bits per heavy atom. The summed E-state index contributed by atoms with van der Waals surface area (Å²) in [5.41, 5.74) is 0. The summed E-state index contributed by atoms with van der Waals surface area (Å²) in [6.45, 7) is 0.658. The lowest BCUT2D eigenvalue weighted by atomic mass is 10.1. The second-order valence-electron chi connectivity index (χ2n) is 4.27. The molecule has 2 unspecified atom stereocenters. The van der Waals surface area contributed by atoms with E-state index in [1.807, 2.05) is 0 Å². The number of carbonyl (C=O) groups is 2. The zero-order chi connectivity index (χ0) is 13.4. The van der Waals surface area contributed by atoms with Crippen molar-refractivity contribution in [3.8, 4) is 0 Å². The first kappa shape index (κ1) is 14.9. The molecule has 5 nitrogen and oxygen atoms in total. The fourth-order valence-electron chi connectivity index (χ4n) is 1.78. The van der Waals surface area contributed by atoms with E-state index >= 15 is 0 Å². The number of carbonyl (C=O) groups excluding carboxylic acids is 1. The smallest absolute Gasteiger partial charge is 0.315 e. The number of urea groups is 1. The average Bonchev–Trinajstić information content (AvgIpc) is 2.77. The van der Waals surface area contributed by atoms with E-state index in [0.717, 1.165) is 18.6 Å². The van der Waals surface area contributed by atoms with E-state index in [9.17, 15) is 9.59 Å². The van der Waals surface area contributed by atoms with Crippen LogP contribution in [0.5, 0.6) is 0 Å². The van der Waals surface area contributed by atoms with Crippen LogP contribution in [-0.4, -0.2) is 41.7 Å². The number of carboxylic acid groups (broad SMARTS) is 1. The number of nitrogens with one attached hydrogen (secondary N) is 2. The third-order valence-corrected chi connectivity index (χ3v) is 3.48. The maximum Gasteiger partial charge on any atom is 0.315 e. The van der Waals surface area contributed by atoms with Crippen LogP contribution in [0.15, 0.2) is 12.2 Å². The maximum atomic E-state index is 11.5. The predicted molar refractivity (Wildman–Crippen MR) is 72.8 cm³/mol. The van der Waals surface area contributed by atoms with Gasteiger partial charge in [0, 0.05) is 6.54 Å². The monoisotopic (exact) mass is 272 g/mol. The molecular formula is C12H20N2O3S. The summed E-state index contributed by atoms with van der Waals surface area (Å²) in [5, 5.41) is 14.3. The largest absolute Gasteiger partial charge is 0.481 e. The molecule has 1 rings (SSSR count). The lowest BCUT2D eigenvalue weighted by Crippen LogP contribution is -2.41. The van der Waals surface area contributed by atoms with Crippen LogP contribution in [0.25, 0.3) is 0 Å². The number of unbranched alkanes of at least 4 members (excludes halogenated alkanes) is 1. The second kappa shape index (κ2) is 8.02. The van der Waals surface area contributed by atoms with Crippen LogP contribution >= 0.6 is 11.8 Å². The number of amides is 2. The molecule has 0 spiro atoms. The molecule has 18 heavy (non-hydrogen) atoms. The van der Waals surface area contributed by atoms with Crippen molar-refractivity contribution >= 4 is 23.8 Å². The Hall–Kier alpha value is -1.17. The Morgan fingerprint density at radius 2 is 2.17 bits per heavy atom. The highest BCUT2D eigenvalue weighted by Gasteiger charge is 2.25. The summed E-state index contributed by atoms with van der Waals surface area (Å²) in [6.07, 6.45) is 7.93. The van der Waals surface area contributed by atoms with Crippen LogP contribution in [-0.2, 0) is 4.79 Å². The topological polar surface area (TPSA) is 78.4 Å². The van der Waals surface area contributed by atoms with Crippen LogP contribution in [0, 0.1) is 5.92 Å². The minimum absolute atomic E-state index is 0.169. The van der Waals surface area contributed by atoms with Gasteiger partial charge in [0.05, 0.1) is 12.0 Å². The molecule has 3 N–H and O–H groups in total. The highest BCUT2D eigenvalue weighted by atomic mass is 32.2. The summed E-state index contributed by atoms with van der Waals surface area (Å²) in [4.78, 5) is 22.2. The van der Waals surface area contributed by atoms with E-state index < -0.39 is 11.9 Å². The molecule has 102 valence electrons. The Morgan fingerprint density at radius 1 is 1.39 bits per heavy atom. The Kier molecular flexibility index (Phi) is 6.64. The number of aliphatic carboxylic acids is 1. The minimum Gasteiger partial charge on any atom is -0.481 e. The van der Waals surface area contributed by atoms with Gasteiger partial charge in [-0.1, -0.05) is 12.2 Å². The third-order valence-electron chi connectivity index (χ3n) is 2.78. The highest BCUT2D eigenvalue weighted by molar-refractivity contribution is 7.98. The van der Waals surface area contributed by atoms with Crippen LogP contribution in [0.4, 0.5) is 4.79 Å². The molecule has 0 aromatic rings. The molecule has 0 aromatic heterocycles. The number of hydrogen-bond donors (Lipinski definition) is 3. The van der Waals surface area contributed by atoms with Gasteiger partial charge in [-0.05, 0) is 31.3 Å². The summed E-state index contributed by atoms with van der Waals surface area (Å²) in [6, 6.07) is -0.392. The van der Waals surface area contributed by atoms with E-state index in [-0.39, 0.29) is 12.1 Å². The molecule has 2 atom stereocenters. The molecule has 1 aliphatic rings. The Labute approximate surface area is 111 Å². The van der Waals surface area contributed by atoms with E-state index in [2.05, 4.69) is 16.9 Å². The minimum atomic E-state index is -0.840. The first-order valence-corrected chi connectivity index (χ1v) is 7.47. The van der Waals surface area contributed by atoms with Crippen molar-refractivity contribution in [2.45, 2.75) is 25.3 Å². The van der Waals surface area contributed by atoms with Crippen molar-refractivity contribution in [3.05, 3.63) is 12.2 Å². The number of hydrogen-bond acceptors (Lipinski definition) is 3. The molecule has 0 saturated carbocycles. The second-order valence-corrected chi connectivity index (χ2v) is 5.26. The van der Waals surface area contributed by atoms with Gasteiger partial charge in [0.2, 0.25) is 0 Å². The van der Waals surface area contributed by atoms with Crippen molar-refractivity contribution in [2.75, 3.05) is 18.6 Å². The average molecular weight is 272 g/mol. The highest BCUT2D eigenvalue weighted by Crippen LogP contribution is 2.17. The number of rotatable bonds is 7. The number of carboxylic acids is 1. The normalized spacial score (nSPS) is 21.8. The lowest BCUT2D eigenvalue weighted by molar-refractivity contribution is -0.140. The van der Waals surface area contributed by atoms with E-state index in [1.54, 1.807) is 23.9 Å². The van der Waals surface area contributed by atoms with Crippen molar-refractivity contribution in [1.29, 1.82) is 0 Å². The van der Waals surface area contributed by atoms with Crippen molar-refractivity contribution < 1.29 is 14.7 Å². The van der Waals surface area contributed by atoms with Gasteiger partial charge in [0.25, 0.3) is 0 Å². The molecule has 0 aromatic carbocycles. The van der Waals surface area contributed by atoms with Crippen LogP contribution in [0.2, 0.25) is 0 Å². The van der Waals surface area contributed by atoms with Gasteiger partial charge in [-0.2, -0.15) is 11.8 Å². The molecule has 2 amide bonds. The predicted octanol–water partition coefficient (Wildman–Crippen LogP) is 1.46. The molecule has 0 heterocycles. The zero-order valence-electron chi connectivity index (χ0n) is 10.5. The van der Waals surface area contributed by atoms with E-state index in [0.29, 0.717) is 13.0 Å². The van der Waals surface area contributed by atoms with Gasteiger partial charge in [-0.3, -0.25) is 4.79 Å². The van der Waals surface area contributed by atoms with Crippen molar-refractivity contribution in [3.63, 3.8) is 0 Å². The standard InChI is InChI=1S/C12H20N2O3S/c1-18-7-3-2-6-13-12(17)14-10-5-4-9(8-10)11(15)16/h4-5,9-10H,2-3,6-8H2,1H3,(H,15,16)(H2,13,14,17). The van der Waals surface area contributed by atoms with Gasteiger partial charge < -0.3 is 15.7 Å². The zero-order valence-corrected chi connectivity index (χ0v) is 11.3. The first-order valence-electron chi connectivity index (χ1n) is 6.08. The molecule has 0 bridgehead atoms. The van der Waals surface area contributed by atoms with Crippen LogP contribution in [0.3, 0.4) is 0 Å². The Balaban J connectivity index is 2.10. The van der Waals surface area contributed by atoms with E-state index in [1.165, 1.54) is 0 Å². The van der Waals surface area contributed by atoms with Gasteiger partial charge in [0.1, 0.15) is 0 Å².